The van der Waals surface area contributed by atoms with Gasteiger partial charge in [0.15, 0.2) is 0 Å². The molecule has 0 atom stereocenters. The first-order valence-corrected chi connectivity index (χ1v) is 7.76. The number of hydrogen-bond acceptors (Lipinski definition) is 2. The summed E-state index contributed by atoms with van der Waals surface area (Å²) >= 11 is 0. The van der Waals surface area contributed by atoms with Crippen LogP contribution in [-0.2, 0) is 6.54 Å². The predicted octanol–water partition coefficient (Wildman–Crippen LogP) is 4.64. The highest BCUT2D eigenvalue weighted by Crippen LogP contribution is 2.23. The van der Waals surface area contributed by atoms with E-state index in [9.17, 15) is 0 Å². The molecule has 0 bridgehead atoms. The van der Waals surface area contributed by atoms with Gasteiger partial charge < -0.3 is 10.1 Å². The first-order valence-electron chi connectivity index (χ1n) is 7.76. The van der Waals surface area contributed by atoms with Gasteiger partial charge in [-0.25, -0.2) is 0 Å². The zero-order valence-corrected chi connectivity index (χ0v) is 13.2. The Kier molecular flexibility index (Phi) is 5.82. The van der Waals surface area contributed by atoms with E-state index < -0.39 is 0 Å². The minimum atomic E-state index is 0.214. The van der Waals surface area contributed by atoms with Gasteiger partial charge in [-0.1, -0.05) is 43.3 Å². The molecule has 0 saturated heterocycles. The molecule has 0 unspecified atom stereocenters. The van der Waals surface area contributed by atoms with Crippen LogP contribution in [0.2, 0.25) is 0 Å². The van der Waals surface area contributed by atoms with Crippen LogP contribution in [0, 0.1) is 0 Å². The molecule has 1 N–H and O–H groups in total. The van der Waals surface area contributed by atoms with Crippen LogP contribution in [0.1, 0.15) is 32.8 Å². The average molecular weight is 283 g/mol. The summed E-state index contributed by atoms with van der Waals surface area (Å²) < 4.78 is 5.67. The van der Waals surface area contributed by atoms with E-state index in [1.165, 1.54) is 23.1 Å². The van der Waals surface area contributed by atoms with Crippen LogP contribution in [0.4, 0.5) is 0 Å². The van der Waals surface area contributed by atoms with E-state index in [1.807, 2.05) is 26.0 Å². The molecule has 0 aliphatic carbocycles. The normalized spacial score (nSPS) is 10.9. The third-order valence-electron chi connectivity index (χ3n) is 3.27. The van der Waals surface area contributed by atoms with Gasteiger partial charge in [0.2, 0.25) is 0 Å². The van der Waals surface area contributed by atoms with Crippen molar-refractivity contribution in [1.82, 2.24) is 5.32 Å². The van der Waals surface area contributed by atoms with Gasteiger partial charge in [0.25, 0.3) is 0 Å². The minimum absolute atomic E-state index is 0.214. The maximum atomic E-state index is 5.67. The van der Waals surface area contributed by atoms with Gasteiger partial charge >= 0.3 is 0 Å². The SMILES string of the molecule is CCCNCc1ccc(-c2ccc(OC(C)C)cc2)cc1. The Bertz CT molecular complexity index is 528. The highest BCUT2D eigenvalue weighted by Gasteiger charge is 2.01. The highest BCUT2D eigenvalue weighted by molar-refractivity contribution is 5.64. The summed E-state index contributed by atoms with van der Waals surface area (Å²) in [4.78, 5) is 0. The minimum Gasteiger partial charge on any atom is -0.491 e. The Balaban J connectivity index is 2.01. The van der Waals surface area contributed by atoms with E-state index in [0.717, 1.165) is 18.8 Å². The molecule has 0 radical (unpaired) electrons. The van der Waals surface area contributed by atoms with Crippen LogP contribution in [-0.4, -0.2) is 12.6 Å². The van der Waals surface area contributed by atoms with Crippen molar-refractivity contribution in [2.24, 2.45) is 0 Å². The molecular formula is C19H25NO. The van der Waals surface area contributed by atoms with Crippen molar-refractivity contribution in [3.05, 3.63) is 54.1 Å². The fourth-order valence-corrected chi connectivity index (χ4v) is 2.22. The first-order chi connectivity index (χ1) is 10.2. The average Bonchev–Trinajstić information content (AvgIpc) is 2.49. The molecule has 0 fully saturated rings. The van der Waals surface area contributed by atoms with Gasteiger partial charge in [-0.05, 0) is 55.6 Å². The summed E-state index contributed by atoms with van der Waals surface area (Å²) in [5.74, 6) is 0.925. The molecule has 0 aromatic heterocycles. The van der Waals surface area contributed by atoms with Gasteiger partial charge in [-0.3, -0.25) is 0 Å². The van der Waals surface area contributed by atoms with E-state index in [2.05, 4.69) is 48.6 Å². The van der Waals surface area contributed by atoms with Crippen LogP contribution in [0.5, 0.6) is 5.75 Å². The van der Waals surface area contributed by atoms with Gasteiger partial charge in [0.05, 0.1) is 6.10 Å². The lowest BCUT2D eigenvalue weighted by atomic mass is 10.0. The van der Waals surface area contributed by atoms with Crippen LogP contribution < -0.4 is 10.1 Å². The second kappa shape index (κ2) is 7.84. The van der Waals surface area contributed by atoms with Crippen molar-refractivity contribution in [2.45, 2.75) is 39.8 Å². The molecule has 0 saturated carbocycles. The summed E-state index contributed by atoms with van der Waals surface area (Å²) in [5, 5.41) is 3.42. The fourth-order valence-electron chi connectivity index (χ4n) is 2.22. The number of nitrogens with one attached hydrogen (secondary N) is 1. The fraction of sp³-hybridized carbons (Fsp3) is 0.368. The zero-order valence-electron chi connectivity index (χ0n) is 13.2. The molecule has 0 aliphatic rings. The third kappa shape index (κ3) is 4.91. The van der Waals surface area contributed by atoms with Crippen LogP contribution in [0.25, 0.3) is 11.1 Å². The maximum absolute atomic E-state index is 5.67. The van der Waals surface area contributed by atoms with Gasteiger partial charge in [0.1, 0.15) is 5.75 Å². The lowest BCUT2D eigenvalue weighted by molar-refractivity contribution is 0.242. The molecule has 0 amide bonds. The Morgan fingerprint density at radius 1 is 0.905 bits per heavy atom. The summed E-state index contributed by atoms with van der Waals surface area (Å²) in [5.41, 5.74) is 3.79. The monoisotopic (exact) mass is 283 g/mol. The zero-order chi connectivity index (χ0) is 15.1. The van der Waals surface area contributed by atoms with Crippen LogP contribution in [0.3, 0.4) is 0 Å². The molecule has 0 spiro atoms. The van der Waals surface area contributed by atoms with Crippen molar-refractivity contribution in [3.63, 3.8) is 0 Å². The Morgan fingerprint density at radius 2 is 1.48 bits per heavy atom. The van der Waals surface area contributed by atoms with E-state index in [-0.39, 0.29) is 6.10 Å². The summed E-state index contributed by atoms with van der Waals surface area (Å²) in [7, 11) is 0. The largest absolute Gasteiger partial charge is 0.491 e. The molecule has 21 heavy (non-hydrogen) atoms. The number of hydrogen-bond donors (Lipinski definition) is 1. The molecule has 0 aliphatic heterocycles. The van der Waals surface area contributed by atoms with E-state index in [4.69, 9.17) is 4.74 Å². The lowest BCUT2D eigenvalue weighted by Gasteiger charge is -2.10. The summed E-state index contributed by atoms with van der Waals surface area (Å²) in [6.45, 7) is 8.27. The topological polar surface area (TPSA) is 21.3 Å². The van der Waals surface area contributed by atoms with Gasteiger partial charge in [-0.15, -0.1) is 0 Å². The van der Waals surface area contributed by atoms with Crippen molar-refractivity contribution >= 4 is 0 Å². The molecule has 2 rings (SSSR count). The second-order valence-electron chi connectivity index (χ2n) is 5.56. The Hall–Kier alpha value is -1.80. The molecule has 2 heteroatoms. The highest BCUT2D eigenvalue weighted by atomic mass is 16.5. The molecule has 0 heterocycles. The molecular weight excluding hydrogens is 258 g/mol. The van der Waals surface area contributed by atoms with Crippen molar-refractivity contribution in [2.75, 3.05) is 6.54 Å². The summed E-state index contributed by atoms with van der Waals surface area (Å²) in [6, 6.07) is 17.0. The Morgan fingerprint density at radius 3 is 2.00 bits per heavy atom. The van der Waals surface area contributed by atoms with Crippen LogP contribution >= 0.6 is 0 Å². The van der Waals surface area contributed by atoms with E-state index >= 15 is 0 Å². The van der Waals surface area contributed by atoms with Crippen LogP contribution in [0.15, 0.2) is 48.5 Å². The predicted molar refractivity (Wildman–Crippen MR) is 89.6 cm³/mol. The Labute approximate surface area is 128 Å². The van der Waals surface area contributed by atoms with E-state index in [0.29, 0.717) is 0 Å². The smallest absolute Gasteiger partial charge is 0.119 e. The standard InChI is InChI=1S/C19H25NO/c1-4-13-20-14-16-5-7-17(8-6-16)18-9-11-19(12-10-18)21-15(2)3/h5-12,15,20H,4,13-14H2,1-3H3. The van der Waals surface area contributed by atoms with Gasteiger partial charge in [0, 0.05) is 6.54 Å². The molecule has 2 nitrogen and oxygen atoms in total. The summed E-state index contributed by atoms with van der Waals surface area (Å²) in [6.07, 6.45) is 1.38. The molecule has 2 aromatic carbocycles. The van der Waals surface area contributed by atoms with Crippen molar-refractivity contribution in [1.29, 1.82) is 0 Å². The third-order valence-corrected chi connectivity index (χ3v) is 3.27. The van der Waals surface area contributed by atoms with Crippen molar-refractivity contribution < 1.29 is 4.74 Å². The first kappa shape index (κ1) is 15.6. The molecule has 2 aromatic rings. The van der Waals surface area contributed by atoms with Crippen molar-refractivity contribution in [3.8, 4) is 16.9 Å². The lowest BCUT2D eigenvalue weighted by Crippen LogP contribution is -2.13. The second-order valence-corrected chi connectivity index (χ2v) is 5.56. The maximum Gasteiger partial charge on any atom is 0.119 e. The number of rotatable bonds is 7. The van der Waals surface area contributed by atoms with Gasteiger partial charge in [-0.2, -0.15) is 0 Å². The number of ether oxygens (including phenoxy) is 1. The van der Waals surface area contributed by atoms with E-state index in [1.54, 1.807) is 0 Å². The molecule has 112 valence electrons. The quantitative estimate of drug-likeness (QED) is 0.747. The number of benzene rings is 2.